The summed E-state index contributed by atoms with van der Waals surface area (Å²) >= 11 is 3.65. The summed E-state index contributed by atoms with van der Waals surface area (Å²) in [7, 11) is 0. The first-order valence-electron chi connectivity index (χ1n) is 8.91. The minimum absolute atomic E-state index is 0.133. The maximum atomic E-state index is 5.84. The Bertz CT molecular complexity index is 449. The van der Waals surface area contributed by atoms with Crippen LogP contribution in [0.25, 0.3) is 0 Å². The van der Waals surface area contributed by atoms with Crippen molar-refractivity contribution in [2.24, 2.45) is 0 Å². The second kappa shape index (κ2) is 11.7. The highest BCUT2D eigenvalue weighted by Crippen LogP contribution is 2.34. The highest BCUT2D eigenvalue weighted by molar-refractivity contribution is 9.10. The molecular formula is C19H32BrNO2. The monoisotopic (exact) mass is 385 g/mol. The van der Waals surface area contributed by atoms with E-state index in [1.54, 1.807) is 0 Å². The first kappa shape index (κ1) is 20.3. The van der Waals surface area contributed by atoms with E-state index in [1.165, 1.54) is 37.7 Å². The maximum absolute atomic E-state index is 5.84. The maximum Gasteiger partial charge on any atom is 0.162 e. The quantitative estimate of drug-likeness (QED) is 0.468. The van der Waals surface area contributed by atoms with Gasteiger partial charge in [-0.15, -0.1) is 0 Å². The summed E-state index contributed by atoms with van der Waals surface area (Å²) in [5.41, 5.74) is 1.21. The Morgan fingerprint density at radius 2 is 1.78 bits per heavy atom. The van der Waals surface area contributed by atoms with Crippen LogP contribution in [0.2, 0.25) is 0 Å². The lowest BCUT2D eigenvalue weighted by Gasteiger charge is -2.17. The van der Waals surface area contributed by atoms with Gasteiger partial charge in [0, 0.05) is 11.0 Å². The molecule has 23 heavy (non-hydrogen) atoms. The van der Waals surface area contributed by atoms with Crippen LogP contribution >= 0.6 is 15.9 Å². The topological polar surface area (TPSA) is 30.5 Å². The van der Waals surface area contributed by atoms with Gasteiger partial charge in [-0.25, -0.2) is 0 Å². The molecule has 0 bridgehead atoms. The number of benzene rings is 1. The third-order valence-electron chi connectivity index (χ3n) is 3.55. The van der Waals surface area contributed by atoms with Crippen LogP contribution in [-0.4, -0.2) is 19.3 Å². The van der Waals surface area contributed by atoms with Crippen molar-refractivity contribution >= 4 is 15.9 Å². The molecular weight excluding hydrogens is 354 g/mol. The molecule has 1 rings (SSSR count). The molecule has 0 amide bonds. The SMILES string of the molecule is CCCCCCCNCc1cc(OCC)c(OC(C)C)cc1Br. The smallest absolute Gasteiger partial charge is 0.162 e. The zero-order valence-electron chi connectivity index (χ0n) is 15.1. The van der Waals surface area contributed by atoms with E-state index >= 15 is 0 Å². The predicted molar refractivity (Wildman–Crippen MR) is 102 cm³/mol. The second-order valence-corrected chi connectivity index (χ2v) is 6.94. The van der Waals surface area contributed by atoms with Gasteiger partial charge < -0.3 is 14.8 Å². The minimum Gasteiger partial charge on any atom is -0.490 e. The zero-order chi connectivity index (χ0) is 17.1. The summed E-state index contributed by atoms with van der Waals surface area (Å²) in [4.78, 5) is 0. The summed E-state index contributed by atoms with van der Waals surface area (Å²) in [5.74, 6) is 1.63. The average molecular weight is 386 g/mol. The lowest BCUT2D eigenvalue weighted by Crippen LogP contribution is -2.15. The summed E-state index contributed by atoms with van der Waals surface area (Å²) in [6.45, 7) is 10.8. The summed E-state index contributed by atoms with van der Waals surface area (Å²) in [6.07, 6.45) is 6.68. The predicted octanol–water partition coefficient (Wildman–Crippen LogP) is 5.70. The van der Waals surface area contributed by atoms with Gasteiger partial charge in [-0.2, -0.15) is 0 Å². The molecule has 3 nitrogen and oxygen atoms in total. The molecule has 0 radical (unpaired) electrons. The number of nitrogens with one attached hydrogen (secondary N) is 1. The van der Waals surface area contributed by atoms with Gasteiger partial charge >= 0.3 is 0 Å². The Morgan fingerprint density at radius 1 is 1.04 bits per heavy atom. The van der Waals surface area contributed by atoms with E-state index in [9.17, 15) is 0 Å². The Balaban J connectivity index is 2.56. The number of hydrogen-bond donors (Lipinski definition) is 1. The van der Waals surface area contributed by atoms with Gasteiger partial charge in [0.2, 0.25) is 0 Å². The van der Waals surface area contributed by atoms with Crippen molar-refractivity contribution in [1.82, 2.24) is 5.32 Å². The van der Waals surface area contributed by atoms with Gasteiger partial charge in [-0.3, -0.25) is 0 Å². The third kappa shape index (κ3) is 8.07. The first-order valence-corrected chi connectivity index (χ1v) is 9.70. The number of hydrogen-bond acceptors (Lipinski definition) is 3. The van der Waals surface area contributed by atoms with Gasteiger partial charge in [-0.1, -0.05) is 48.5 Å². The van der Waals surface area contributed by atoms with E-state index in [0.29, 0.717) is 6.61 Å². The summed E-state index contributed by atoms with van der Waals surface area (Å²) in [5, 5.41) is 3.52. The van der Waals surface area contributed by atoms with Gasteiger partial charge in [0.05, 0.1) is 12.7 Å². The highest BCUT2D eigenvalue weighted by atomic mass is 79.9. The Kier molecular flexibility index (Phi) is 10.4. The van der Waals surface area contributed by atoms with Gasteiger partial charge in [0.25, 0.3) is 0 Å². The van der Waals surface area contributed by atoms with Crippen LogP contribution in [0.15, 0.2) is 16.6 Å². The molecule has 132 valence electrons. The Labute approximate surface area is 150 Å². The molecule has 4 heteroatoms. The van der Waals surface area contributed by atoms with Crippen molar-refractivity contribution in [2.45, 2.75) is 72.4 Å². The molecule has 0 unspecified atom stereocenters. The van der Waals surface area contributed by atoms with E-state index in [-0.39, 0.29) is 6.10 Å². The highest BCUT2D eigenvalue weighted by Gasteiger charge is 2.12. The standard InChI is InChI=1S/C19H32BrNO2/c1-5-7-8-9-10-11-21-14-16-12-18(22-6-2)19(13-17(16)20)23-15(3)4/h12-13,15,21H,5-11,14H2,1-4H3. The zero-order valence-corrected chi connectivity index (χ0v) is 16.7. The van der Waals surface area contributed by atoms with E-state index < -0.39 is 0 Å². The minimum atomic E-state index is 0.133. The molecule has 0 fully saturated rings. The van der Waals surface area contributed by atoms with Gasteiger partial charge in [-0.05, 0) is 51.4 Å². The van der Waals surface area contributed by atoms with Crippen LogP contribution < -0.4 is 14.8 Å². The molecule has 1 aromatic carbocycles. The number of halogens is 1. The van der Waals surface area contributed by atoms with E-state index in [1.807, 2.05) is 26.8 Å². The lowest BCUT2D eigenvalue weighted by molar-refractivity contribution is 0.223. The van der Waals surface area contributed by atoms with Crippen molar-refractivity contribution in [1.29, 1.82) is 0 Å². The van der Waals surface area contributed by atoms with Crippen molar-refractivity contribution in [2.75, 3.05) is 13.2 Å². The van der Waals surface area contributed by atoms with E-state index in [0.717, 1.165) is 29.1 Å². The summed E-state index contributed by atoms with van der Waals surface area (Å²) in [6, 6.07) is 4.10. The molecule has 0 aliphatic rings. The van der Waals surface area contributed by atoms with E-state index in [2.05, 4.69) is 34.2 Å². The molecule has 0 atom stereocenters. The summed E-state index contributed by atoms with van der Waals surface area (Å²) < 4.78 is 12.6. The molecule has 0 saturated carbocycles. The first-order chi connectivity index (χ1) is 11.1. The van der Waals surface area contributed by atoms with E-state index in [4.69, 9.17) is 9.47 Å². The number of ether oxygens (including phenoxy) is 2. The molecule has 1 N–H and O–H groups in total. The fourth-order valence-corrected chi connectivity index (χ4v) is 2.87. The fourth-order valence-electron chi connectivity index (χ4n) is 2.40. The Morgan fingerprint density at radius 3 is 2.43 bits per heavy atom. The molecule has 0 spiro atoms. The molecule has 1 aromatic rings. The molecule has 0 aliphatic heterocycles. The normalized spacial score (nSPS) is 11.0. The molecule has 0 heterocycles. The lowest BCUT2D eigenvalue weighted by atomic mass is 10.1. The van der Waals surface area contributed by atoms with Crippen LogP contribution in [0.5, 0.6) is 11.5 Å². The van der Waals surface area contributed by atoms with Gasteiger partial charge in [0.15, 0.2) is 11.5 Å². The molecule has 0 aromatic heterocycles. The van der Waals surface area contributed by atoms with Crippen LogP contribution in [0.1, 0.15) is 65.4 Å². The van der Waals surface area contributed by atoms with Crippen molar-refractivity contribution < 1.29 is 9.47 Å². The van der Waals surface area contributed by atoms with Crippen molar-refractivity contribution in [3.8, 4) is 11.5 Å². The average Bonchev–Trinajstić information content (AvgIpc) is 2.50. The van der Waals surface area contributed by atoms with Crippen molar-refractivity contribution in [3.63, 3.8) is 0 Å². The molecule has 0 saturated heterocycles. The van der Waals surface area contributed by atoms with Crippen LogP contribution in [0.4, 0.5) is 0 Å². The largest absolute Gasteiger partial charge is 0.490 e. The third-order valence-corrected chi connectivity index (χ3v) is 4.29. The van der Waals surface area contributed by atoms with Crippen LogP contribution in [0, 0.1) is 0 Å². The fraction of sp³-hybridized carbons (Fsp3) is 0.684. The molecule has 0 aliphatic carbocycles. The Hall–Kier alpha value is -0.740. The number of unbranched alkanes of at least 4 members (excludes halogenated alkanes) is 4. The van der Waals surface area contributed by atoms with Crippen molar-refractivity contribution in [3.05, 3.63) is 22.2 Å². The number of rotatable bonds is 12. The van der Waals surface area contributed by atoms with Crippen LogP contribution in [-0.2, 0) is 6.54 Å². The van der Waals surface area contributed by atoms with Crippen LogP contribution in [0.3, 0.4) is 0 Å². The second-order valence-electron chi connectivity index (χ2n) is 6.08. The van der Waals surface area contributed by atoms with Gasteiger partial charge in [0.1, 0.15) is 0 Å².